The Bertz CT molecular complexity index is 244. The molecule has 19 heavy (non-hydrogen) atoms. The van der Waals surface area contributed by atoms with Crippen molar-refractivity contribution < 1.29 is 4.74 Å². The molecule has 2 unspecified atom stereocenters. The van der Waals surface area contributed by atoms with Gasteiger partial charge in [-0.15, -0.1) is 0 Å². The number of hydrogen-bond acceptors (Lipinski definition) is 4. The minimum atomic E-state index is 0.546. The Hall–Kier alpha value is -0.160. The first-order valence-corrected chi connectivity index (χ1v) is 8.03. The maximum Gasteiger partial charge on any atom is 0.0630 e. The van der Waals surface area contributed by atoms with Crippen LogP contribution in [0.1, 0.15) is 32.6 Å². The summed E-state index contributed by atoms with van der Waals surface area (Å²) in [5.41, 5.74) is 0. The van der Waals surface area contributed by atoms with E-state index in [-0.39, 0.29) is 0 Å². The second kappa shape index (κ2) is 8.20. The largest absolute Gasteiger partial charge is 0.383 e. The van der Waals surface area contributed by atoms with Crippen molar-refractivity contribution in [1.82, 2.24) is 15.1 Å². The van der Waals surface area contributed by atoms with E-state index in [1.54, 1.807) is 0 Å². The Balaban J connectivity index is 1.77. The molecule has 2 rings (SSSR count). The Kier molecular flexibility index (Phi) is 6.57. The molecule has 2 atom stereocenters. The highest BCUT2D eigenvalue weighted by atomic mass is 16.5. The van der Waals surface area contributed by atoms with Crippen LogP contribution in [0.3, 0.4) is 0 Å². The van der Waals surface area contributed by atoms with E-state index in [4.69, 9.17) is 4.74 Å². The average molecular weight is 269 g/mol. The Morgan fingerprint density at radius 1 is 1.26 bits per heavy atom. The van der Waals surface area contributed by atoms with Crippen LogP contribution in [-0.4, -0.2) is 74.9 Å². The summed E-state index contributed by atoms with van der Waals surface area (Å²) in [6.45, 7) is 10.4. The van der Waals surface area contributed by atoms with Crippen LogP contribution in [0.25, 0.3) is 0 Å². The second-order valence-corrected chi connectivity index (χ2v) is 5.99. The molecular weight excluding hydrogens is 238 g/mol. The number of hydrogen-bond donors (Lipinski definition) is 1. The molecule has 0 radical (unpaired) electrons. The van der Waals surface area contributed by atoms with E-state index >= 15 is 0 Å². The molecule has 0 bridgehead atoms. The van der Waals surface area contributed by atoms with Crippen LogP contribution < -0.4 is 5.32 Å². The lowest BCUT2D eigenvalue weighted by atomic mass is 10.2. The Morgan fingerprint density at radius 3 is 2.74 bits per heavy atom. The van der Waals surface area contributed by atoms with E-state index in [1.165, 1.54) is 51.9 Å². The Morgan fingerprint density at radius 2 is 2.05 bits per heavy atom. The number of methoxy groups -OCH3 is 1. The van der Waals surface area contributed by atoms with Gasteiger partial charge in [-0.05, 0) is 45.3 Å². The number of rotatable bonds is 8. The number of nitrogens with one attached hydrogen (secondary N) is 1. The lowest BCUT2D eigenvalue weighted by molar-refractivity contribution is 0.0984. The molecule has 0 aromatic heterocycles. The third-order valence-electron chi connectivity index (χ3n) is 4.53. The molecular formula is C15H31N3O. The SMILES string of the molecule is CCCNCC(COC)N1CCC(N2CCCC2)C1. The molecule has 0 aromatic rings. The summed E-state index contributed by atoms with van der Waals surface area (Å²) in [4.78, 5) is 5.33. The number of ether oxygens (including phenoxy) is 1. The van der Waals surface area contributed by atoms with Gasteiger partial charge >= 0.3 is 0 Å². The first-order valence-electron chi connectivity index (χ1n) is 8.03. The van der Waals surface area contributed by atoms with Crippen molar-refractivity contribution in [3.05, 3.63) is 0 Å². The van der Waals surface area contributed by atoms with Crippen molar-refractivity contribution in [3.8, 4) is 0 Å². The molecule has 2 heterocycles. The predicted octanol–water partition coefficient (Wildman–Crippen LogP) is 1.17. The zero-order valence-corrected chi connectivity index (χ0v) is 12.7. The lowest BCUT2D eigenvalue weighted by Gasteiger charge is -2.29. The van der Waals surface area contributed by atoms with Crippen LogP contribution in [-0.2, 0) is 4.74 Å². The van der Waals surface area contributed by atoms with E-state index in [1.807, 2.05) is 7.11 Å². The normalized spacial score (nSPS) is 27.2. The fourth-order valence-electron chi connectivity index (χ4n) is 3.44. The van der Waals surface area contributed by atoms with Gasteiger partial charge in [0.25, 0.3) is 0 Å². The van der Waals surface area contributed by atoms with Crippen LogP contribution in [0.15, 0.2) is 0 Å². The zero-order chi connectivity index (χ0) is 13.5. The van der Waals surface area contributed by atoms with E-state index in [2.05, 4.69) is 22.0 Å². The minimum absolute atomic E-state index is 0.546. The quantitative estimate of drug-likeness (QED) is 0.670. The minimum Gasteiger partial charge on any atom is -0.383 e. The van der Waals surface area contributed by atoms with Gasteiger partial charge in [-0.3, -0.25) is 9.80 Å². The third kappa shape index (κ3) is 4.42. The molecule has 0 spiro atoms. The topological polar surface area (TPSA) is 27.7 Å². The first-order chi connectivity index (χ1) is 9.35. The van der Waals surface area contributed by atoms with Crippen LogP contribution in [0.5, 0.6) is 0 Å². The predicted molar refractivity (Wildman–Crippen MR) is 79.6 cm³/mol. The van der Waals surface area contributed by atoms with Gasteiger partial charge in [0.05, 0.1) is 6.61 Å². The molecule has 2 saturated heterocycles. The van der Waals surface area contributed by atoms with Crippen molar-refractivity contribution in [3.63, 3.8) is 0 Å². The van der Waals surface area contributed by atoms with Crippen LogP contribution in [0, 0.1) is 0 Å². The van der Waals surface area contributed by atoms with Crippen molar-refractivity contribution in [1.29, 1.82) is 0 Å². The summed E-state index contributed by atoms with van der Waals surface area (Å²) >= 11 is 0. The molecule has 1 N–H and O–H groups in total. The summed E-state index contributed by atoms with van der Waals surface area (Å²) in [6.07, 6.45) is 5.34. The van der Waals surface area contributed by atoms with Crippen LogP contribution in [0.2, 0.25) is 0 Å². The summed E-state index contributed by atoms with van der Waals surface area (Å²) in [6, 6.07) is 1.34. The standard InChI is InChI=1S/C15H31N3O/c1-3-7-16-11-15(13-19-2)18-10-6-14(12-18)17-8-4-5-9-17/h14-16H,3-13H2,1-2H3. The third-order valence-corrected chi connectivity index (χ3v) is 4.53. The van der Waals surface area contributed by atoms with E-state index < -0.39 is 0 Å². The number of likely N-dealkylation sites (tertiary alicyclic amines) is 2. The van der Waals surface area contributed by atoms with Crippen molar-refractivity contribution in [2.75, 3.05) is 53.0 Å². The molecule has 2 fully saturated rings. The maximum atomic E-state index is 5.41. The average Bonchev–Trinajstić information content (AvgIpc) is 3.08. The molecule has 4 heteroatoms. The van der Waals surface area contributed by atoms with Crippen molar-refractivity contribution in [2.45, 2.75) is 44.7 Å². The fraction of sp³-hybridized carbons (Fsp3) is 1.00. The van der Waals surface area contributed by atoms with Crippen LogP contribution in [0.4, 0.5) is 0 Å². The van der Waals surface area contributed by atoms with Gasteiger partial charge in [0.15, 0.2) is 0 Å². The molecule has 2 aliphatic rings. The van der Waals surface area contributed by atoms with Gasteiger partial charge in [0.2, 0.25) is 0 Å². The number of nitrogens with zero attached hydrogens (tertiary/aromatic N) is 2. The Labute approximate surface area is 118 Å². The fourth-order valence-corrected chi connectivity index (χ4v) is 3.44. The van der Waals surface area contributed by atoms with Crippen molar-refractivity contribution in [2.24, 2.45) is 0 Å². The van der Waals surface area contributed by atoms with E-state index in [0.717, 1.165) is 25.7 Å². The van der Waals surface area contributed by atoms with Gasteiger partial charge in [-0.25, -0.2) is 0 Å². The van der Waals surface area contributed by atoms with Gasteiger partial charge in [0.1, 0.15) is 0 Å². The zero-order valence-electron chi connectivity index (χ0n) is 12.7. The summed E-state index contributed by atoms with van der Waals surface area (Å²) in [5, 5.41) is 3.55. The van der Waals surface area contributed by atoms with Gasteiger partial charge < -0.3 is 10.1 Å². The van der Waals surface area contributed by atoms with Gasteiger partial charge in [-0.2, -0.15) is 0 Å². The molecule has 2 aliphatic heterocycles. The van der Waals surface area contributed by atoms with Crippen LogP contribution >= 0.6 is 0 Å². The lowest BCUT2D eigenvalue weighted by Crippen LogP contribution is -2.45. The highest BCUT2D eigenvalue weighted by Gasteiger charge is 2.32. The van der Waals surface area contributed by atoms with Crippen molar-refractivity contribution >= 4 is 0 Å². The highest BCUT2D eigenvalue weighted by Crippen LogP contribution is 2.21. The van der Waals surface area contributed by atoms with Gasteiger partial charge in [-0.1, -0.05) is 6.92 Å². The molecule has 0 amide bonds. The summed E-state index contributed by atoms with van der Waals surface area (Å²) in [5.74, 6) is 0. The monoisotopic (exact) mass is 269 g/mol. The molecule has 112 valence electrons. The summed E-state index contributed by atoms with van der Waals surface area (Å²) in [7, 11) is 1.82. The molecule has 0 aliphatic carbocycles. The second-order valence-electron chi connectivity index (χ2n) is 5.99. The first kappa shape index (κ1) is 15.2. The molecule has 0 saturated carbocycles. The highest BCUT2D eigenvalue weighted by molar-refractivity contribution is 4.89. The molecule has 0 aromatic carbocycles. The van der Waals surface area contributed by atoms with E-state index in [9.17, 15) is 0 Å². The smallest absolute Gasteiger partial charge is 0.0630 e. The maximum absolute atomic E-state index is 5.41. The van der Waals surface area contributed by atoms with Gasteiger partial charge in [0, 0.05) is 38.8 Å². The summed E-state index contributed by atoms with van der Waals surface area (Å²) < 4.78 is 5.41. The van der Waals surface area contributed by atoms with E-state index in [0.29, 0.717) is 6.04 Å². The molecule has 4 nitrogen and oxygen atoms in total.